The Morgan fingerprint density at radius 2 is 2.12 bits per heavy atom. The molecule has 0 spiro atoms. The van der Waals surface area contributed by atoms with Crippen LogP contribution in [0.3, 0.4) is 0 Å². The van der Waals surface area contributed by atoms with E-state index in [-0.39, 0.29) is 18.6 Å². The number of likely N-dealkylation sites (tertiary alicyclic amines) is 1. The van der Waals surface area contributed by atoms with Crippen molar-refractivity contribution in [3.05, 3.63) is 24.3 Å². The number of hydrogen-bond acceptors (Lipinski definition) is 3. The fourth-order valence-corrected chi connectivity index (χ4v) is 1.73. The molecule has 0 saturated carbocycles. The highest BCUT2D eigenvalue weighted by Crippen LogP contribution is 2.18. The van der Waals surface area contributed by atoms with Gasteiger partial charge in [0, 0.05) is 31.3 Å². The van der Waals surface area contributed by atoms with Crippen molar-refractivity contribution in [2.24, 2.45) is 5.92 Å². The van der Waals surface area contributed by atoms with Gasteiger partial charge >= 0.3 is 6.03 Å². The molecule has 0 aliphatic carbocycles. The number of benzene rings is 1. The molecule has 0 bridgehead atoms. The maximum absolute atomic E-state index is 11.7. The first kappa shape index (κ1) is 11.7. The maximum Gasteiger partial charge on any atom is 0.321 e. The number of anilines is 1. The lowest BCUT2D eigenvalue weighted by Gasteiger charge is -2.38. The average molecular weight is 236 g/mol. The molecule has 2 N–H and O–H groups in total. The predicted molar refractivity (Wildman–Crippen MR) is 64.2 cm³/mol. The molecule has 0 aromatic heterocycles. The van der Waals surface area contributed by atoms with E-state index in [2.05, 4.69) is 5.32 Å². The number of nitrogens with zero attached hydrogens (tertiary/aromatic N) is 1. The SMILES string of the molecule is COc1ccc(NC(=O)N2CC(CO)C2)cc1. The molecule has 0 unspecified atom stereocenters. The predicted octanol–water partition coefficient (Wildman–Crippen LogP) is 1.15. The van der Waals surface area contributed by atoms with Gasteiger partial charge in [-0.25, -0.2) is 4.79 Å². The molecular formula is C12H16N2O3. The average Bonchev–Trinajstić information content (AvgIpc) is 2.28. The summed E-state index contributed by atoms with van der Waals surface area (Å²) in [6.07, 6.45) is 0. The Morgan fingerprint density at radius 1 is 1.47 bits per heavy atom. The topological polar surface area (TPSA) is 61.8 Å². The van der Waals surface area contributed by atoms with Gasteiger partial charge in [-0.3, -0.25) is 0 Å². The van der Waals surface area contributed by atoms with Gasteiger partial charge in [-0.2, -0.15) is 0 Å². The zero-order chi connectivity index (χ0) is 12.3. The van der Waals surface area contributed by atoms with Crippen molar-refractivity contribution in [2.45, 2.75) is 0 Å². The number of hydrogen-bond donors (Lipinski definition) is 2. The lowest BCUT2D eigenvalue weighted by Crippen LogP contribution is -2.52. The Hall–Kier alpha value is -1.75. The Labute approximate surface area is 100.0 Å². The molecule has 92 valence electrons. The maximum atomic E-state index is 11.7. The zero-order valence-electron chi connectivity index (χ0n) is 9.72. The monoisotopic (exact) mass is 236 g/mol. The molecular weight excluding hydrogens is 220 g/mol. The third kappa shape index (κ3) is 2.68. The number of carbonyl (C=O) groups excluding carboxylic acids is 1. The number of aliphatic hydroxyl groups is 1. The number of rotatable bonds is 3. The molecule has 2 rings (SSSR count). The second-order valence-corrected chi connectivity index (χ2v) is 4.11. The summed E-state index contributed by atoms with van der Waals surface area (Å²) in [6, 6.07) is 7.05. The van der Waals surface area contributed by atoms with Gasteiger partial charge in [0.25, 0.3) is 0 Å². The fourth-order valence-electron chi connectivity index (χ4n) is 1.73. The summed E-state index contributed by atoms with van der Waals surface area (Å²) in [6.45, 7) is 1.39. The lowest BCUT2D eigenvalue weighted by atomic mass is 10.0. The van der Waals surface area contributed by atoms with Gasteiger partial charge in [0.15, 0.2) is 0 Å². The molecule has 5 heteroatoms. The van der Waals surface area contributed by atoms with Crippen LogP contribution in [0.25, 0.3) is 0 Å². The van der Waals surface area contributed by atoms with Gasteiger partial charge in [-0.1, -0.05) is 0 Å². The van der Waals surface area contributed by atoms with E-state index in [1.807, 2.05) is 0 Å². The first-order valence-electron chi connectivity index (χ1n) is 5.53. The number of aliphatic hydroxyl groups excluding tert-OH is 1. The van der Waals surface area contributed by atoms with E-state index in [9.17, 15) is 4.79 Å². The van der Waals surface area contributed by atoms with Gasteiger partial charge < -0.3 is 20.1 Å². The van der Waals surface area contributed by atoms with Crippen LogP contribution < -0.4 is 10.1 Å². The summed E-state index contributed by atoms with van der Waals surface area (Å²) in [7, 11) is 1.60. The van der Waals surface area contributed by atoms with Gasteiger partial charge in [0.1, 0.15) is 5.75 Å². The van der Waals surface area contributed by atoms with Crippen LogP contribution in [-0.2, 0) is 0 Å². The van der Waals surface area contributed by atoms with Gasteiger partial charge in [-0.15, -0.1) is 0 Å². The van der Waals surface area contributed by atoms with Crippen LogP contribution in [0, 0.1) is 5.92 Å². The van der Waals surface area contributed by atoms with Crippen LogP contribution in [0.4, 0.5) is 10.5 Å². The van der Waals surface area contributed by atoms with Crippen LogP contribution in [0.15, 0.2) is 24.3 Å². The third-order valence-corrected chi connectivity index (χ3v) is 2.84. The highest BCUT2D eigenvalue weighted by molar-refractivity contribution is 5.89. The number of urea groups is 1. The van der Waals surface area contributed by atoms with Crippen molar-refractivity contribution in [3.63, 3.8) is 0 Å². The van der Waals surface area contributed by atoms with E-state index in [0.29, 0.717) is 13.1 Å². The fraction of sp³-hybridized carbons (Fsp3) is 0.417. The molecule has 1 aromatic rings. The van der Waals surface area contributed by atoms with Crippen LogP contribution >= 0.6 is 0 Å². The van der Waals surface area contributed by atoms with Crippen molar-refractivity contribution in [3.8, 4) is 5.75 Å². The standard InChI is InChI=1S/C12H16N2O3/c1-17-11-4-2-10(3-5-11)13-12(16)14-6-9(7-14)8-15/h2-5,9,15H,6-8H2,1H3,(H,13,16). The Kier molecular flexibility index (Phi) is 3.49. The molecule has 1 aromatic carbocycles. The number of amides is 2. The summed E-state index contributed by atoms with van der Waals surface area (Å²) in [4.78, 5) is 13.4. The van der Waals surface area contributed by atoms with E-state index >= 15 is 0 Å². The Balaban J connectivity index is 1.86. The number of nitrogens with one attached hydrogen (secondary N) is 1. The smallest absolute Gasteiger partial charge is 0.321 e. The van der Waals surface area contributed by atoms with Crippen molar-refractivity contribution in [2.75, 3.05) is 32.1 Å². The quantitative estimate of drug-likeness (QED) is 0.827. The molecule has 0 atom stereocenters. The van der Waals surface area contributed by atoms with Crippen LogP contribution in [0.1, 0.15) is 0 Å². The molecule has 1 aliphatic heterocycles. The van der Waals surface area contributed by atoms with E-state index in [1.54, 1.807) is 36.3 Å². The molecule has 1 saturated heterocycles. The van der Waals surface area contributed by atoms with E-state index in [4.69, 9.17) is 9.84 Å². The van der Waals surface area contributed by atoms with Crippen LogP contribution in [0.2, 0.25) is 0 Å². The summed E-state index contributed by atoms with van der Waals surface area (Å²) < 4.78 is 5.03. The normalized spacial score (nSPS) is 15.3. The summed E-state index contributed by atoms with van der Waals surface area (Å²) in [5, 5.41) is 11.7. The molecule has 1 fully saturated rings. The highest BCUT2D eigenvalue weighted by Gasteiger charge is 2.29. The number of ether oxygens (including phenoxy) is 1. The minimum Gasteiger partial charge on any atom is -0.497 e. The van der Waals surface area contributed by atoms with Crippen molar-refractivity contribution in [1.29, 1.82) is 0 Å². The summed E-state index contributed by atoms with van der Waals surface area (Å²) in [5.41, 5.74) is 0.739. The number of methoxy groups -OCH3 is 1. The highest BCUT2D eigenvalue weighted by atomic mass is 16.5. The molecule has 2 amide bonds. The second kappa shape index (κ2) is 5.05. The van der Waals surface area contributed by atoms with Crippen LogP contribution in [0.5, 0.6) is 5.75 Å². The molecule has 0 radical (unpaired) electrons. The molecule has 1 aliphatic rings. The van der Waals surface area contributed by atoms with Crippen molar-refractivity contribution >= 4 is 11.7 Å². The van der Waals surface area contributed by atoms with E-state index in [0.717, 1.165) is 11.4 Å². The molecule has 17 heavy (non-hydrogen) atoms. The number of carbonyl (C=O) groups is 1. The third-order valence-electron chi connectivity index (χ3n) is 2.84. The first-order chi connectivity index (χ1) is 8.22. The van der Waals surface area contributed by atoms with Crippen molar-refractivity contribution in [1.82, 2.24) is 4.90 Å². The molecule has 1 heterocycles. The van der Waals surface area contributed by atoms with E-state index in [1.165, 1.54) is 0 Å². The molecule has 5 nitrogen and oxygen atoms in total. The van der Waals surface area contributed by atoms with Gasteiger partial charge in [-0.05, 0) is 24.3 Å². The van der Waals surface area contributed by atoms with Gasteiger partial charge in [0.2, 0.25) is 0 Å². The van der Waals surface area contributed by atoms with Crippen molar-refractivity contribution < 1.29 is 14.6 Å². The van der Waals surface area contributed by atoms with Gasteiger partial charge in [0.05, 0.1) is 7.11 Å². The Bertz CT molecular complexity index is 385. The Morgan fingerprint density at radius 3 is 2.65 bits per heavy atom. The summed E-state index contributed by atoms with van der Waals surface area (Å²) in [5.74, 6) is 0.990. The van der Waals surface area contributed by atoms with Crippen LogP contribution in [-0.4, -0.2) is 42.8 Å². The minimum absolute atomic E-state index is 0.125. The lowest BCUT2D eigenvalue weighted by molar-refractivity contribution is 0.0838. The zero-order valence-corrected chi connectivity index (χ0v) is 9.72. The summed E-state index contributed by atoms with van der Waals surface area (Å²) >= 11 is 0. The van der Waals surface area contributed by atoms with E-state index < -0.39 is 0 Å². The largest absolute Gasteiger partial charge is 0.497 e. The first-order valence-corrected chi connectivity index (χ1v) is 5.53. The second-order valence-electron chi connectivity index (χ2n) is 4.11. The minimum atomic E-state index is -0.125.